The first-order chi connectivity index (χ1) is 7.22. The lowest BCUT2D eigenvalue weighted by Gasteiger charge is -2.11. The fourth-order valence-electron chi connectivity index (χ4n) is 1.80. The van der Waals surface area contributed by atoms with Crippen molar-refractivity contribution in [3.05, 3.63) is 35.1 Å². The van der Waals surface area contributed by atoms with Crippen molar-refractivity contribution in [2.45, 2.75) is 31.3 Å². The van der Waals surface area contributed by atoms with E-state index in [0.717, 1.165) is 18.4 Å². The lowest BCUT2D eigenvalue weighted by Crippen LogP contribution is -2.07. The van der Waals surface area contributed by atoms with Crippen molar-refractivity contribution in [2.24, 2.45) is 5.73 Å². The minimum absolute atomic E-state index is 0.189. The van der Waals surface area contributed by atoms with Crippen LogP contribution < -0.4 is 5.73 Å². The van der Waals surface area contributed by atoms with E-state index >= 15 is 0 Å². The number of hydrogen-bond donors (Lipinski definition) is 2. The van der Waals surface area contributed by atoms with Crippen LogP contribution in [0.15, 0.2) is 18.2 Å². The van der Waals surface area contributed by atoms with Gasteiger partial charge in [0.2, 0.25) is 0 Å². The van der Waals surface area contributed by atoms with Crippen LogP contribution in [0.4, 0.5) is 4.39 Å². The fraction of sp³-hybridized carbons (Fsp3) is 0.500. The van der Waals surface area contributed by atoms with Gasteiger partial charge in [0.15, 0.2) is 0 Å². The number of aliphatic hydroxyl groups excluding tert-OH is 1. The molecule has 1 aromatic rings. The van der Waals surface area contributed by atoms with Gasteiger partial charge in [0.05, 0.1) is 6.10 Å². The van der Waals surface area contributed by atoms with Crippen molar-refractivity contribution in [3.8, 4) is 0 Å². The summed E-state index contributed by atoms with van der Waals surface area (Å²) in [5, 5.41) is 9.64. The molecule has 0 amide bonds. The van der Waals surface area contributed by atoms with Crippen LogP contribution in [0.25, 0.3) is 0 Å². The highest BCUT2D eigenvalue weighted by Crippen LogP contribution is 2.41. The standard InChI is InChI=1S/C12H16FNO/c13-11-7-9(12(15)5-6-14)3-4-10(11)8-1-2-8/h3-4,7-8,12,15H,1-2,5-6,14H2. The molecule has 0 heterocycles. The van der Waals surface area contributed by atoms with Gasteiger partial charge in [0.1, 0.15) is 5.82 Å². The summed E-state index contributed by atoms with van der Waals surface area (Å²) >= 11 is 0. The molecule has 0 aliphatic heterocycles. The highest BCUT2D eigenvalue weighted by atomic mass is 19.1. The first-order valence-corrected chi connectivity index (χ1v) is 5.40. The van der Waals surface area contributed by atoms with Gasteiger partial charge in [0.25, 0.3) is 0 Å². The third kappa shape index (κ3) is 2.36. The molecule has 0 radical (unpaired) electrons. The predicted molar refractivity (Wildman–Crippen MR) is 57.0 cm³/mol. The third-order valence-corrected chi connectivity index (χ3v) is 2.87. The van der Waals surface area contributed by atoms with E-state index in [1.807, 2.05) is 0 Å². The second-order valence-corrected chi connectivity index (χ2v) is 4.15. The average molecular weight is 209 g/mol. The summed E-state index contributed by atoms with van der Waals surface area (Å²) in [5.74, 6) is 0.219. The van der Waals surface area contributed by atoms with Crippen molar-refractivity contribution in [1.29, 1.82) is 0 Å². The normalized spacial score (nSPS) is 17.8. The average Bonchev–Trinajstić information content (AvgIpc) is 3.01. The zero-order valence-electron chi connectivity index (χ0n) is 8.62. The molecule has 1 aromatic carbocycles. The Labute approximate surface area is 88.9 Å². The minimum Gasteiger partial charge on any atom is -0.388 e. The van der Waals surface area contributed by atoms with E-state index < -0.39 is 6.10 Å². The first-order valence-electron chi connectivity index (χ1n) is 5.40. The second kappa shape index (κ2) is 4.29. The molecule has 0 saturated heterocycles. The summed E-state index contributed by atoms with van der Waals surface area (Å²) in [4.78, 5) is 0. The predicted octanol–water partition coefficient (Wildman–Crippen LogP) is 2.09. The summed E-state index contributed by atoms with van der Waals surface area (Å²) in [7, 11) is 0. The molecule has 3 heteroatoms. The minimum atomic E-state index is -0.641. The molecule has 82 valence electrons. The van der Waals surface area contributed by atoms with Crippen LogP contribution in [-0.2, 0) is 0 Å². The molecule has 1 aliphatic rings. The van der Waals surface area contributed by atoms with Crippen LogP contribution in [0.3, 0.4) is 0 Å². The van der Waals surface area contributed by atoms with E-state index in [0.29, 0.717) is 24.4 Å². The molecule has 1 unspecified atom stereocenters. The van der Waals surface area contributed by atoms with Gasteiger partial charge in [-0.1, -0.05) is 12.1 Å². The molecule has 0 bridgehead atoms. The summed E-state index contributed by atoms with van der Waals surface area (Å²) in [5.41, 5.74) is 6.76. The van der Waals surface area contributed by atoms with Gasteiger partial charge in [-0.2, -0.15) is 0 Å². The maximum absolute atomic E-state index is 13.6. The van der Waals surface area contributed by atoms with Crippen LogP contribution in [-0.4, -0.2) is 11.7 Å². The molecule has 0 spiro atoms. The molecule has 3 N–H and O–H groups in total. The van der Waals surface area contributed by atoms with Crippen molar-refractivity contribution in [2.75, 3.05) is 6.54 Å². The molecule has 2 rings (SSSR count). The van der Waals surface area contributed by atoms with Gasteiger partial charge >= 0.3 is 0 Å². The number of halogens is 1. The molecule has 1 aliphatic carbocycles. The van der Waals surface area contributed by atoms with Gasteiger partial charge < -0.3 is 10.8 Å². The van der Waals surface area contributed by atoms with E-state index in [1.54, 1.807) is 12.1 Å². The van der Waals surface area contributed by atoms with Crippen LogP contribution >= 0.6 is 0 Å². The van der Waals surface area contributed by atoms with Gasteiger partial charge in [-0.05, 0) is 48.9 Å². The maximum atomic E-state index is 13.6. The second-order valence-electron chi connectivity index (χ2n) is 4.15. The number of benzene rings is 1. The Kier molecular flexibility index (Phi) is 3.03. The lowest BCUT2D eigenvalue weighted by molar-refractivity contribution is 0.170. The van der Waals surface area contributed by atoms with Gasteiger partial charge in [-0.3, -0.25) is 0 Å². The van der Waals surface area contributed by atoms with E-state index in [4.69, 9.17) is 5.73 Å². The Bertz CT molecular complexity index is 349. The Balaban J connectivity index is 2.16. The SMILES string of the molecule is NCCC(O)c1ccc(C2CC2)c(F)c1. The van der Waals surface area contributed by atoms with Gasteiger partial charge in [0, 0.05) is 0 Å². The van der Waals surface area contributed by atoms with E-state index in [1.165, 1.54) is 6.07 Å². The molecular weight excluding hydrogens is 193 g/mol. The number of rotatable bonds is 4. The van der Waals surface area contributed by atoms with Gasteiger partial charge in [-0.25, -0.2) is 4.39 Å². The van der Waals surface area contributed by atoms with Crippen LogP contribution in [0, 0.1) is 5.82 Å². The molecule has 1 fully saturated rings. The van der Waals surface area contributed by atoms with Crippen molar-refractivity contribution in [3.63, 3.8) is 0 Å². The molecule has 1 atom stereocenters. The lowest BCUT2D eigenvalue weighted by atomic mass is 10.0. The van der Waals surface area contributed by atoms with Gasteiger partial charge in [-0.15, -0.1) is 0 Å². The summed E-state index contributed by atoms with van der Waals surface area (Å²) in [6.45, 7) is 0.410. The van der Waals surface area contributed by atoms with Crippen LogP contribution in [0.2, 0.25) is 0 Å². The molecule has 0 aromatic heterocycles. The van der Waals surface area contributed by atoms with E-state index in [-0.39, 0.29) is 5.82 Å². The molecule has 15 heavy (non-hydrogen) atoms. The zero-order chi connectivity index (χ0) is 10.8. The summed E-state index contributed by atoms with van der Waals surface area (Å²) in [6.07, 6.45) is 2.00. The molecular formula is C12H16FNO. The Morgan fingerprint density at radius 2 is 2.20 bits per heavy atom. The fourth-order valence-corrected chi connectivity index (χ4v) is 1.80. The largest absolute Gasteiger partial charge is 0.388 e. The number of aliphatic hydroxyl groups is 1. The summed E-state index contributed by atoms with van der Waals surface area (Å²) < 4.78 is 13.6. The quantitative estimate of drug-likeness (QED) is 0.797. The maximum Gasteiger partial charge on any atom is 0.127 e. The van der Waals surface area contributed by atoms with E-state index in [9.17, 15) is 9.50 Å². The Hall–Kier alpha value is -0.930. The number of hydrogen-bond acceptors (Lipinski definition) is 2. The van der Waals surface area contributed by atoms with Crippen LogP contribution in [0.1, 0.15) is 42.4 Å². The Morgan fingerprint density at radius 3 is 2.73 bits per heavy atom. The van der Waals surface area contributed by atoms with Crippen molar-refractivity contribution in [1.82, 2.24) is 0 Å². The smallest absolute Gasteiger partial charge is 0.127 e. The molecule has 1 saturated carbocycles. The van der Waals surface area contributed by atoms with Crippen molar-refractivity contribution < 1.29 is 9.50 Å². The first kappa shape index (κ1) is 10.6. The third-order valence-electron chi connectivity index (χ3n) is 2.87. The highest BCUT2D eigenvalue weighted by molar-refractivity contribution is 5.30. The van der Waals surface area contributed by atoms with Crippen molar-refractivity contribution >= 4 is 0 Å². The number of nitrogens with two attached hydrogens (primary N) is 1. The molecule has 2 nitrogen and oxygen atoms in total. The Morgan fingerprint density at radius 1 is 1.47 bits per heavy atom. The van der Waals surface area contributed by atoms with E-state index in [2.05, 4.69) is 0 Å². The van der Waals surface area contributed by atoms with Crippen LogP contribution in [0.5, 0.6) is 0 Å². The topological polar surface area (TPSA) is 46.2 Å². The summed E-state index contributed by atoms with van der Waals surface area (Å²) in [6, 6.07) is 5.03. The monoisotopic (exact) mass is 209 g/mol. The highest BCUT2D eigenvalue weighted by Gasteiger charge is 2.26. The zero-order valence-corrected chi connectivity index (χ0v) is 8.62.